The molecule has 1 aromatic carbocycles. The highest BCUT2D eigenvalue weighted by molar-refractivity contribution is 5.95. The van der Waals surface area contributed by atoms with Crippen molar-refractivity contribution < 1.29 is 4.79 Å². The van der Waals surface area contributed by atoms with Gasteiger partial charge in [0.1, 0.15) is 0 Å². The molecular formula is C15H22N2O. The van der Waals surface area contributed by atoms with Gasteiger partial charge in [-0.25, -0.2) is 0 Å². The molecule has 0 spiro atoms. The molecule has 1 N–H and O–H groups in total. The van der Waals surface area contributed by atoms with Crippen molar-refractivity contribution in [2.75, 3.05) is 18.4 Å². The number of benzene rings is 1. The number of hydrogen-bond donors (Lipinski definition) is 1. The van der Waals surface area contributed by atoms with Crippen molar-refractivity contribution in [1.29, 1.82) is 0 Å². The van der Waals surface area contributed by atoms with Crippen molar-refractivity contribution in [1.82, 2.24) is 4.90 Å². The topological polar surface area (TPSA) is 32.3 Å². The second-order valence-electron chi connectivity index (χ2n) is 5.14. The third-order valence-electron chi connectivity index (χ3n) is 3.41. The van der Waals surface area contributed by atoms with Crippen molar-refractivity contribution in [3.05, 3.63) is 29.3 Å². The van der Waals surface area contributed by atoms with E-state index in [4.69, 9.17) is 0 Å². The van der Waals surface area contributed by atoms with Crippen molar-refractivity contribution in [2.45, 2.75) is 39.7 Å². The monoisotopic (exact) mass is 246 g/mol. The van der Waals surface area contributed by atoms with Gasteiger partial charge in [0.2, 0.25) is 0 Å². The number of nitrogens with one attached hydrogen (secondary N) is 1. The number of nitrogens with zero attached hydrogens (tertiary/aromatic N) is 1. The van der Waals surface area contributed by atoms with Crippen LogP contribution in [0.25, 0.3) is 0 Å². The number of amides is 1. The average Bonchev–Trinajstić information content (AvgIpc) is 2.81. The Balaban J connectivity index is 2.22. The van der Waals surface area contributed by atoms with E-state index in [2.05, 4.69) is 26.1 Å². The van der Waals surface area contributed by atoms with Crippen molar-refractivity contribution in [3.8, 4) is 0 Å². The van der Waals surface area contributed by atoms with Crippen LogP contribution < -0.4 is 5.32 Å². The highest BCUT2D eigenvalue weighted by Gasteiger charge is 2.19. The molecule has 3 heteroatoms. The fourth-order valence-corrected chi connectivity index (χ4v) is 2.44. The lowest BCUT2D eigenvalue weighted by molar-refractivity contribution is 0.0706. The van der Waals surface area contributed by atoms with Gasteiger partial charge < -0.3 is 10.2 Å². The summed E-state index contributed by atoms with van der Waals surface area (Å²) < 4.78 is 0. The summed E-state index contributed by atoms with van der Waals surface area (Å²) in [5, 5.41) is 3.32. The molecule has 0 radical (unpaired) electrons. The van der Waals surface area contributed by atoms with E-state index in [1.54, 1.807) is 0 Å². The summed E-state index contributed by atoms with van der Waals surface area (Å²) in [7, 11) is 0. The summed E-state index contributed by atoms with van der Waals surface area (Å²) in [5.41, 5.74) is 3.26. The Morgan fingerprint density at radius 1 is 1.44 bits per heavy atom. The van der Waals surface area contributed by atoms with Crippen LogP contribution in [0.1, 0.15) is 43.1 Å². The smallest absolute Gasteiger partial charge is 0.254 e. The number of rotatable bonds is 4. The molecule has 0 atom stereocenters. The van der Waals surface area contributed by atoms with Gasteiger partial charge in [-0.3, -0.25) is 4.79 Å². The minimum absolute atomic E-state index is 0.154. The minimum atomic E-state index is 0.154. The average molecular weight is 246 g/mol. The highest BCUT2D eigenvalue weighted by atomic mass is 16.2. The Hall–Kier alpha value is -1.51. The summed E-state index contributed by atoms with van der Waals surface area (Å²) >= 11 is 0. The zero-order chi connectivity index (χ0) is 13.1. The predicted molar refractivity (Wildman–Crippen MR) is 75.1 cm³/mol. The lowest BCUT2D eigenvalue weighted by Crippen LogP contribution is -2.37. The third kappa shape index (κ3) is 2.50. The van der Waals surface area contributed by atoms with Gasteiger partial charge in [-0.1, -0.05) is 6.92 Å². The zero-order valence-electron chi connectivity index (χ0n) is 11.5. The standard InChI is InChI=1S/C15H22N2O/c1-4-9-17(11(2)3)15(18)13-5-6-14-12(10-13)7-8-16-14/h5-6,10-11,16H,4,7-9H2,1-3H3. The molecule has 18 heavy (non-hydrogen) atoms. The maximum absolute atomic E-state index is 12.5. The van der Waals surface area contributed by atoms with Crippen LogP contribution in [0.4, 0.5) is 5.69 Å². The Morgan fingerprint density at radius 2 is 2.22 bits per heavy atom. The van der Waals surface area contributed by atoms with Crippen molar-refractivity contribution in [3.63, 3.8) is 0 Å². The molecule has 1 heterocycles. The number of anilines is 1. The first kappa shape index (κ1) is 12.9. The molecule has 0 aliphatic carbocycles. The molecule has 3 nitrogen and oxygen atoms in total. The fourth-order valence-electron chi connectivity index (χ4n) is 2.44. The van der Waals surface area contributed by atoms with Crippen molar-refractivity contribution in [2.24, 2.45) is 0 Å². The largest absolute Gasteiger partial charge is 0.384 e. The second kappa shape index (κ2) is 5.42. The Bertz CT molecular complexity index is 440. The summed E-state index contributed by atoms with van der Waals surface area (Å²) in [5.74, 6) is 0.154. The minimum Gasteiger partial charge on any atom is -0.384 e. The number of carbonyl (C=O) groups excluding carboxylic acids is 1. The van der Waals surface area contributed by atoms with Gasteiger partial charge >= 0.3 is 0 Å². The summed E-state index contributed by atoms with van der Waals surface area (Å²) in [4.78, 5) is 14.4. The summed E-state index contributed by atoms with van der Waals surface area (Å²) in [6.45, 7) is 8.06. The number of fused-ring (bicyclic) bond motifs is 1. The molecule has 1 aliphatic heterocycles. The van der Waals surface area contributed by atoms with E-state index in [1.807, 2.05) is 23.1 Å². The van der Waals surface area contributed by atoms with E-state index in [0.29, 0.717) is 0 Å². The van der Waals surface area contributed by atoms with Gasteiger partial charge in [-0.15, -0.1) is 0 Å². The van der Waals surface area contributed by atoms with Crippen LogP contribution >= 0.6 is 0 Å². The van der Waals surface area contributed by atoms with E-state index < -0.39 is 0 Å². The quantitative estimate of drug-likeness (QED) is 0.886. The molecule has 0 bridgehead atoms. The van der Waals surface area contributed by atoms with Crippen LogP contribution in [0.15, 0.2) is 18.2 Å². The second-order valence-corrected chi connectivity index (χ2v) is 5.14. The van der Waals surface area contributed by atoms with Crippen LogP contribution in [0.2, 0.25) is 0 Å². The Kier molecular flexibility index (Phi) is 3.90. The maximum atomic E-state index is 12.5. The predicted octanol–water partition coefficient (Wildman–Crippen LogP) is 2.92. The van der Waals surface area contributed by atoms with Crippen LogP contribution in [-0.4, -0.2) is 29.9 Å². The molecule has 2 rings (SSSR count). The van der Waals surface area contributed by atoms with Gasteiger partial charge in [-0.05, 0) is 50.5 Å². The van der Waals surface area contributed by atoms with Crippen LogP contribution in [0.3, 0.4) is 0 Å². The van der Waals surface area contributed by atoms with Gasteiger partial charge in [0.05, 0.1) is 0 Å². The lowest BCUT2D eigenvalue weighted by Gasteiger charge is -2.26. The first-order valence-corrected chi connectivity index (χ1v) is 6.81. The molecule has 1 aromatic rings. The lowest BCUT2D eigenvalue weighted by atomic mass is 10.1. The van der Waals surface area contributed by atoms with E-state index in [0.717, 1.165) is 31.5 Å². The van der Waals surface area contributed by atoms with E-state index in [-0.39, 0.29) is 11.9 Å². The molecular weight excluding hydrogens is 224 g/mol. The number of hydrogen-bond acceptors (Lipinski definition) is 2. The van der Waals surface area contributed by atoms with E-state index >= 15 is 0 Å². The van der Waals surface area contributed by atoms with Gasteiger partial charge in [0.25, 0.3) is 5.91 Å². The summed E-state index contributed by atoms with van der Waals surface area (Å²) in [6, 6.07) is 6.26. The van der Waals surface area contributed by atoms with Crippen LogP contribution in [0.5, 0.6) is 0 Å². The zero-order valence-corrected chi connectivity index (χ0v) is 11.5. The molecule has 98 valence electrons. The Morgan fingerprint density at radius 3 is 2.89 bits per heavy atom. The van der Waals surface area contributed by atoms with Gasteiger partial charge in [0.15, 0.2) is 0 Å². The molecule has 0 fully saturated rings. The maximum Gasteiger partial charge on any atom is 0.254 e. The first-order valence-electron chi connectivity index (χ1n) is 6.81. The first-order chi connectivity index (χ1) is 8.63. The molecule has 1 amide bonds. The molecule has 0 saturated heterocycles. The molecule has 1 aliphatic rings. The fraction of sp³-hybridized carbons (Fsp3) is 0.533. The number of carbonyl (C=O) groups is 1. The van der Waals surface area contributed by atoms with Crippen LogP contribution in [-0.2, 0) is 6.42 Å². The summed E-state index contributed by atoms with van der Waals surface area (Å²) in [6.07, 6.45) is 2.02. The van der Waals surface area contributed by atoms with E-state index in [1.165, 1.54) is 11.3 Å². The van der Waals surface area contributed by atoms with Gasteiger partial charge in [0, 0.05) is 30.4 Å². The Labute approximate surface area is 109 Å². The molecule has 0 unspecified atom stereocenters. The SMILES string of the molecule is CCCN(C(=O)c1ccc2c(c1)CCN2)C(C)C. The highest BCUT2D eigenvalue weighted by Crippen LogP contribution is 2.24. The van der Waals surface area contributed by atoms with E-state index in [9.17, 15) is 4.79 Å². The molecule has 0 saturated carbocycles. The third-order valence-corrected chi connectivity index (χ3v) is 3.41. The molecule has 0 aromatic heterocycles. The van der Waals surface area contributed by atoms with Crippen molar-refractivity contribution >= 4 is 11.6 Å². The van der Waals surface area contributed by atoms with Crippen LogP contribution in [0, 0.1) is 0 Å². The van der Waals surface area contributed by atoms with Gasteiger partial charge in [-0.2, -0.15) is 0 Å². The normalized spacial score (nSPS) is 13.3.